The molecule has 1 aromatic carbocycles. The van der Waals surface area contributed by atoms with Crippen molar-refractivity contribution < 1.29 is 0 Å². The third kappa shape index (κ3) is 2.91. The van der Waals surface area contributed by atoms with E-state index in [4.69, 9.17) is 12.2 Å². The summed E-state index contributed by atoms with van der Waals surface area (Å²) in [5, 5.41) is 7.06. The number of fused-ring (bicyclic) bond motifs is 1. The highest BCUT2D eigenvalue weighted by Gasteiger charge is 2.15. The van der Waals surface area contributed by atoms with Gasteiger partial charge in [0, 0.05) is 6.21 Å². The lowest BCUT2D eigenvalue weighted by molar-refractivity contribution is 1.01. The van der Waals surface area contributed by atoms with Crippen molar-refractivity contribution in [1.82, 2.24) is 0 Å². The average molecular weight is 277 g/mol. The quantitative estimate of drug-likeness (QED) is 0.446. The summed E-state index contributed by atoms with van der Waals surface area (Å²) in [6.45, 7) is 2.11. The maximum Gasteiger partial charge on any atom is 0.132 e. The van der Waals surface area contributed by atoms with E-state index < -0.39 is 0 Å². The first-order valence-electron chi connectivity index (χ1n) is 5.85. The lowest BCUT2D eigenvalue weighted by Crippen LogP contribution is -2.10. The van der Waals surface area contributed by atoms with E-state index in [-0.39, 0.29) is 0 Å². The summed E-state index contributed by atoms with van der Waals surface area (Å²) in [5.74, 6) is 0. The number of rotatable bonds is 3. The first-order valence-corrected chi connectivity index (χ1v) is 6.71. The van der Waals surface area contributed by atoms with Crippen LogP contribution in [-0.2, 0) is 0 Å². The molecule has 18 heavy (non-hydrogen) atoms. The first kappa shape index (κ1) is 13.1. The zero-order valence-corrected chi connectivity index (χ0v) is 11.8. The molecule has 0 bridgehead atoms. The normalized spacial score (nSPS) is 15.1. The zero-order chi connectivity index (χ0) is 13.0. The molecule has 1 aromatic rings. The van der Waals surface area contributed by atoms with Crippen molar-refractivity contribution in [2.75, 3.05) is 10.6 Å². The number of unbranched alkanes of at least 4 members (excludes halogenated alkanes) is 1. The van der Waals surface area contributed by atoms with Crippen LogP contribution in [0.15, 0.2) is 40.0 Å². The van der Waals surface area contributed by atoms with Crippen molar-refractivity contribution in [3.63, 3.8) is 0 Å². The van der Waals surface area contributed by atoms with Crippen LogP contribution in [0.25, 0.3) is 0 Å². The molecule has 1 aliphatic heterocycles. The Bertz CT molecular complexity index is 521. The zero-order valence-electron chi connectivity index (χ0n) is 10.1. The van der Waals surface area contributed by atoms with Crippen molar-refractivity contribution in [2.45, 2.75) is 19.8 Å². The number of thiocarbonyl (C=S) groups is 1. The molecule has 94 valence electrons. The molecule has 3 nitrogen and oxygen atoms in total. The van der Waals surface area contributed by atoms with Crippen molar-refractivity contribution in [2.24, 2.45) is 4.99 Å². The second-order valence-electron chi connectivity index (χ2n) is 3.92. The highest BCUT2D eigenvalue weighted by Crippen LogP contribution is 2.29. The van der Waals surface area contributed by atoms with Gasteiger partial charge in [0.15, 0.2) is 0 Å². The predicted molar refractivity (Wildman–Crippen MR) is 85.7 cm³/mol. The summed E-state index contributed by atoms with van der Waals surface area (Å²) in [6.07, 6.45) is 3.86. The van der Waals surface area contributed by atoms with Crippen LogP contribution in [0.4, 0.5) is 11.4 Å². The first-order chi connectivity index (χ1) is 8.72. The van der Waals surface area contributed by atoms with Crippen molar-refractivity contribution in [3.8, 4) is 0 Å². The molecule has 0 saturated heterocycles. The maximum atomic E-state index is 5.35. The number of thiol groups is 1. The van der Waals surface area contributed by atoms with Gasteiger partial charge in [-0.05, 0) is 18.6 Å². The van der Waals surface area contributed by atoms with Crippen molar-refractivity contribution in [3.05, 3.63) is 35.0 Å². The summed E-state index contributed by atoms with van der Waals surface area (Å²) in [6, 6.07) is 7.86. The number of anilines is 2. The molecule has 2 N–H and O–H groups in total. The van der Waals surface area contributed by atoms with E-state index in [1.165, 1.54) is 0 Å². The molecule has 1 aliphatic rings. The van der Waals surface area contributed by atoms with E-state index in [1.54, 1.807) is 0 Å². The molecule has 1 heterocycles. The van der Waals surface area contributed by atoms with E-state index >= 15 is 0 Å². The van der Waals surface area contributed by atoms with Gasteiger partial charge in [-0.2, -0.15) is 0 Å². The average Bonchev–Trinajstić information content (AvgIpc) is 2.47. The Morgan fingerprint density at radius 3 is 2.61 bits per heavy atom. The lowest BCUT2D eigenvalue weighted by Gasteiger charge is -2.07. The molecular formula is C13H15N3S2. The van der Waals surface area contributed by atoms with Crippen LogP contribution in [0.1, 0.15) is 19.8 Å². The van der Waals surface area contributed by atoms with Gasteiger partial charge in [-0.15, -0.1) is 12.6 Å². The van der Waals surface area contributed by atoms with Gasteiger partial charge >= 0.3 is 0 Å². The molecule has 0 radical (unpaired) electrons. The Labute approximate surface area is 118 Å². The minimum Gasteiger partial charge on any atom is -0.347 e. The van der Waals surface area contributed by atoms with E-state index in [0.717, 1.165) is 24.2 Å². The Morgan fingerprint density at radius 1 is 1.28 bits per heavy atom. The molecule has 0 spiro atoms. The monoisotopic (exact) mass is 277 g/mol. The molecular weight excluding hydrogens is 262 g/mol. The molecule has 0 aromatic heterocycles. The number of nitrogens with zero attached hydrogens (tertiary/aromatic N) is 1. The summed E-state index contributed by atoms with van der Waals surface area (Å²) >= 11 is 9.78. The Morgan fingerprint density at radius 2 is 1.94 bits per heavy atom. The van der Waals surface area contributed by atoms with Gasteiger partial charge in [-0.3, -0.25) is 4.99 Å². The second kappa shape index (κ2) is 6.02. The van der Waals surface area contributed by atoms with E-state index in [1.807, 2.05) is 30.5 Å². The van der Waals surface area contributed by atoms with Gasteiger partial charge in [-0.25, -0.2) is 0 Å². The number of aliphatic imine (C=N–C) groups is 1. The van der Waals surface area contributed by atoms with E-state index in [0.29, 0.717) is 15.7 Å². The second-order valence-corrected chi connectivity index (χ2v) is 4.78. The Hall–Kier alpha value is -1.33. The van der Waals surface area contributed by atoms with E-state index in [2.05, 4.69) is 35.2 Å². The predicted octanol–water partition coefficient (Wildman–Crippen LogP) is 3.82. The topological polar surface area (TPSA) is 36.4 Å². The molecule has 2 rings (SSSR count). The van der Waals surface area contributed by atoms with Crippen LogP contribution in [0.2, 0.25) is 0 Å². The fraction of sp³-hybridized carbons (Fsp3) is 0.231. The van der Waals surface area contributed by atoms with Gasteiger partial charge < -0.3 is 10.6 Å². The summed E-state index contributed by atoms with van der Waals surface area (Å²) in [4.78, 5) is 4.98. The lowest BCUT2D eigenvalue weighted by atomic mass is 10.2. The maximum absolute atomic E-state index is 5.35. The van der Waals surface area contributed by atoms with Crippen LogP contribution in [-0.4, -0.2) is 11.2 Å². The highest BCUT2D eigenvalue weighted by molar-refractivity contribution is 7.85. The Kier molecular flexibility index (Phi) is 4.38. The van der Waals surface area contributed by atoms with Gasteiger partial charge in [0.2, 0.25) is 0 Å². The van der Waals surface area contributed by atoms with Crippen LogP contribution in [0.3, 0.4) is 0 Å². The number of benzene rings is 1. The van der Waals surface area contributed by atoms with Crippen molar-refractivity contribution in [1.29, 1.82) is 0 Å². The standard InChI is InChI=1S/C13H15N3S2/c1-2-3-8-14-11-12(17)15-9-6-4-5-7-10(9)16-13(11)18/h4-8,15,17H,2-3H2,1H3,(H,16,18). The Balaban J connectivity index is 2.30. The molecule has 0 fully saturated rings. The van der Waals surface area contributed by atoms with Gasteiger partial charge in [-0.1, -0.05) is 37.7 Å². The summed E-state index contributed by atoms with van der Waals surface area (Å²) in [5.41, 5.74) is 2.57. The molecule has 0 amide bonds. The largest absolute Gasteiger partial charge is 0.347 e. The fourth-order valence-corrected chi connectivity index (χ4v) is 2.21. The van der Waals surface area contributed by atoms with Crippen LogP contribution in [0.5, 0.6) is 0 Å². The highest BCUT2D eigenvalue weighted by atomic mass is 32.1. The van der Waals surface area contributed by atoms with Gasteiger partial charge in [0.1, 0.15) is 10.7 Å². The summed E-state index contributed by atoms with van der Waals surface area (Å²) in [7, 11) is 0. The fourth-order valence-electron chi connectivity index (χ4n) is 1.58. The van der Waals surface area contributed by atoms with Crippen molar-refractivity contribution >= 4 is 47.4 Å². The number of hydrogen-bond donors (Lipinski definition) is 3. The third-order valence-corrected chi connectivity index (χ3v) is 3.12. The van der Waals surface area contributed by atoms with Crippen LogP contribution < -0.4 is 10.6 Å². The molecule has 0 saturated carbocycles. The van der Waals surface area contributed by atoms with Crippen LogP contribution >= 0.6 is 24.8 Å². The molecule has 0 unspecified atom stereocenters. The SMILES string of the molecule is CCCC=NC1=C(S)Nc2ccccc2NC1=S. The molecule has 0 atom stereocenters. The molecule has 5 heteroatoms. The number of nitrogens with one attached hydrogen (secondary N) is 2. The van der Waals surface area contributed by atoms with Gasteiger partial charge in [0.05, 0.1) is 16.4 Å². The van der Waals surface area contributed by atoms with E-state index in [9.17, 15) is 0 Å². The minimum atomic E-state index is 0.588. The number of hydrogen-bond acceptors (Lipinski definition) is 4. The van der Waals surface area contributed by atoms with Crippen LogP contribution in [0, 0.1) is 0 Å². The molecule has 0 aliphatic carbocycles. The summed E-state index contributed by atoms with van der Waals surface area (Å²) < 4.78 is 0. The minimum absolute atomic E-state index is 0.588. The third-order valence-electron chi connectivity index (χ3n) is 2.51. The number of para-hydroxylation sites is 2. The smallest absolute Gasteiger partial charge is 0.132 e. The van der Waals surface area contributed by atoms with Gasteiger partial charge in [0.25, 0.3) is 0 Å².